The van der Waals surface area contributed by atoms with Crippen molar-refractivity contribution in [1.82, 2.24) is 4.90 Å². The van der Waals surface area contributed by atoms with E-state index in [9.17, 15) is 4.79 Å². The van der Waals surface area contributed by atoms with Gasteiger partial charge >= 0.3 is 0 Å². The molecule has 3 heteroatoms. The van der Waals surface area contributed by atoms with E-state index in [1.807, 2.05) is 45.1 Å². The highest BCUT2D eigenvalue weighted by Gasteiger charge is 1.99. The SMILES string of the molecule is CN(C)C.[B]CC(=O)c1ccc(C)cc1. The fourth-order valence-electron chi connectivity index (χ4n) is 0.857. The molecule has 0 N–H and O–H groups in total. The standard InChI is InChI=1S/C9H9BO.C3H9N/c1-7-2-4-8(5-3-7)9(11)6-10;1-4(2)3/h2-5H,6H2,1H3;1-3H3. The molecular weight excluding hydrogens is 185 g/mol. The molecule has 0 bridgehead atoms. The third-order valence-corrected chi connectivity index (χ3v) is 1.56. The molecule has 0 saturated heterocycles. The highest BCUT2D eigenvalue weighted by molar-refractivity contribution is 6.23. The van der Waals surface area contributed by atoms with E-state index in [-0.39, 0.29) is 12.1 Å². The molecular formula is C12H18BNO. The van der Waals surface area contributed by atoms with Crippen molar-refractivity contribution in [2.24, 2.45) is 0 Å². The number of hydrogen-bond donors (Lipinski definition) is 0. The van der Waals surface area contributed by atoms with Crippen molar-refractivity contribution >= 4 is 13.6 Å². The Balaban J connectivity index is 0.000000423. The molecule has 1 aromatic carbocycles. The molecule has 0 saturated carbocycles. The third kappa shape index (κ3) is 6.92. The van der Waals surface area contributed by atoms with Crippen LogP contribution in [0.3, 0.4) is 0 Å². The van der Waals surface area contributed by atoms with E-state index in [2.05, 4.69) is 0 Å². The Hall–Kier alpha value is -1.09. The van der Waals surface area contributed by atoms with Crippen LogP contribution in [0.4, 0.5) is 0 Å². The average molecular weight is 203 g/mol. The van der Waals surface area contributed by atoms with Crippen LogP contribution in [0.1, 0.15) is 15.9 Å². The quantitative estimate of drug-likeness (QED) is 0.540. The van der Waals surface area contributed by atoms with Gasteiger partial charge in [0.2, 0.25) is 0 Å². The zero-order valence-electron chi connectivity index (χ0n) is 9.95. The minimum atomic E-state index is -0.00926. The topological polar surface area (TPSA) is 20.3 Å². The van der Waals surface area contributed by atoms with Gasteiger partial charge in [-0.25, -0.2) is 0 Å². The summed E-state index contributed by atoms with van der Waals surface area (Å²) in [4.78, 5) is 13.0. The third-order valence-electron chi connectivity index (χ3n) is 1.56. The van der Waals surface area contributed by atoms with Crippen molar-refractivity contribution in [3.05, 3.63) is 35.4 Å². The lowest BCUT2D eigenvalue weighted by molar-refractivity contribution is 0.101. The van der Waals surface area contributed by atoms with Gasteiger partial charge < -0.3 is 4.90 Å². The smallest absolute Gasteiger partial charge is 0.154 e. The predicted octanol–water partition coefficient (Wildman–Crippen LogP) is 1.94. The van der Waals surface area contributed by atoms with Crippen molar-refractivity contribution in [3.63, 3.8) is 0 Å². The molecule has 0 aliphatic rings. The molecule has 0 aliphatic heterocycles. The van der Waals surface area contributed by atoms with Crippen LogP contribution in [0.15, 0.2) is 24.3 Å². The first kappa shape index (κ1) is 13.9. The first-order valence-corrected chi connectivity index (χ1v) is 4.88. The van der Waals surface area contributed by atoms with E-state index >= 15 is 0 Å². The summed E-state index contributed by atoms with van der Waals surface area (Å²) in [6.45, 7) is 1.98. The van der Waals surface area contributed by atoms with Crippen LogP contribution in [0.25, 0.3) is 0 Å². The van der Waals surface area contributed by atoms with Gasteiger partial charge in [0, 0.05) is 5.56 Å². The van der Waals surface area contributed by atoms with Gasteiger partial charge in [0.25, 0.3) is 0 Å². The fourth-order valence-corrected chi connectivity index (χ4v) is 0.857. The van der Waals surface area contributed by atoms with E-state index in [0.29, 0.717) is 5.56 Å². The zero-order valence-corrected chi connectivity index (χ0v) is 9.95. The zero-order chi connectivity index (χ0) is 11.8. The number of hydrogen-bond acceptors (Lipinski definition) is 2. The van der Waals surface area contributed by atoms with Gasteiger partial charge in [-0.2, -0.15) is 0 Å². The molecule has 2 radical (unpaired) electrons. The summed E-state index contributed by atoms with van der Waals surface area (Å²) in [5.74, 6) is -0.00926. The van der Waals surface area contributed by atoms with Gasteiger partial charge in [-0.15, -0.1) is 0 Å². The maximum absolute atomic E-state index is 11.0. The number of aryl methyl sites for hydroxylation is 1. The van der Waals surface area contributed by atoms with Gasteiger partial charge in [-0.05, 0) is 34.4 Å². The Kier molecular flexibility index (Phi) is 6.72. The van der Waals surface area contributed by atoms with E-state index < -0.39 is 0 Å². The Bertz CT molecular complexity index is 290. The Morgan fingerprint density at radius 3 is 1.93 bits per heavy atom. The van der Waals surface area contributed by atoms with Gasteiger partial charge in [0.1, 0.15) is 0 Å². The van der Waals surface area contributed by atoms with E-state index in [1.165, 1.54) is 0 Å². The Morgan fingerprint density at radius 1 is 1.20 bits per heavy atom. The van der Waals surface area contributed by atoms with Crippen molar-refractivity contribution in [3.8, 4) is 0 Å². The lowest BCUT2D eigenvalue weighted by atomic mass is 9.95. The predicted molar refractivity (Wildman–Crippen MR) is 65.7 cm³/mol. The summed E-state index contributed by atoms with van der Waals surface area (Å²) < 4.78 is 0. The van der Waals surface area contributed by atoms with Crippen molar-refractivity contribution in [2.45, 2.75) is 13.2 Å². The minimum absolute atomic E-state index is 0.00926. The molecule has 1 rings (SSSR count). The number of ketones is 1. The summed E-state index contributed by atoms with van der Waals surface area (Å²) in [6.07, 6.45) is 0.0864. The van der Waals surface area contributed by atoms with E-state index in [4.69, 9.17) is 7.85 Å². The second-order valence-electron chi connectivity index (χ2n) is 3.83. The molecule has 0 unspecified atom stereocenters. The second-order valence-corrected chi connectivity index (χ2v) is 3.83. The Labute approximate surface area is 93.7 Å². The monoisotopic (exact) mass is 203 g/mol. The maximum atomic E-state index is 11.0. The minimum Gasteiger partial charge on any atom is -0.312 e. The summed E-state index contributed by atoms with van der Waals surface area (Å²) >= 11 is 0. The maximum Gasteiger partial charge on any atom is 0.154 e. The molecule has 0 atom stereocenters. The summed E-state index contributed by atoms with van der Waals surface area (Å²) in [7, 11) is 11.2. The van der Waals surface area contributed by atoms with Crippen LogP contribution >= 0.6 is 0 Å². The highest BCUT2D eigenvalue weighted by atomic mass is 16.1. The number of nitrogens with zero attached hydrogens (tertiary/aromatic N) is 1. The number of benzene rings is 1. The normalized spacial score (nSPS) is 9.40. The van der Waals surface area contributed by atoms with Crippen molar-refractivity contribution < 1.29 is 4.79 Å². The average Bonchev–Trinajstić information content (AvgIpc) is 2.17. The fraction of sp³-hybridized carbons (Fsp3) is 0.417. The lowest BCUT2D eigenvalue weighted by Gasteiger charge is -1.96. The number of carbonyl (C=O) groups excluding carboxylic acids is 1. The first-order chi connectivity index (χ1) is 6.97. The number of rotatable bonds is 2. The van der Waals surface area contributed by atoms with Gasteiger partial charge in [0.15, 0.2) is 5.78 Å². The van der Waals surface area contributed by atoms with Crippen LogP contribution in [-0.2, 0) is 0 Å². The molecule has 0 aromatic heterocycles. The molecule has 0 aliphatic carbocycles. The van der Waals surface area contributed by atoms with E-state index in [1.54, 1.807) is 12.1 Å². The van der Waals surface area contributed by atoms with Crippen LogP contribution in [0, 0.1) is 6.92 Å². The number of Topliss-reactive ketones (excluding diaryl/α,β-unsaturated/α-hetero) is 1. The molecule has 15 heavy (non-hydrogen) atoms. The molecule has 0 spiro atoms. The van der Waals surface area contributed by atoms with Crippen LogP contribution in [-0.4, -0.2) is 39.7 Å². The number of carbonyl (C=O) groups is 1. The summed E-state index contributed by atoms with van der Waals surface area (Å²) in [6, 6.07) is 7.40. The van der Waals surface area contributed by atoms with Crippen LogP contribution < -0.4 is 0 Å². The first-order valence-electron chi connectivity index (χ1n) is 4.88. The van der Waals surface area contributed by atoms with Crippen LogP contribution in [0.5, 0.6) is 0 Å². The van der Waals surface area contributed by atoms with Crippen LogP contribution in [0.2, 0.25) is 6.32 Å². The summed E-state index contributed by atoms with van der Waals surface area (Å²) in [5, 5.41) is 0. The second kappa shape index (κ2) is 7.24. The molecule has 0 amide bonds. The molecule has 0 heterocycles. The molecule has 0 fully saturated rings. The highest BCUT2D eigenvalue weighted by Crippen LogP contribution is 2.04. The van der Waals surface area contributed by atoms with Gasteiger partial charge in [-0.3, -0.25) is 4.79 Å². The Morgan fingerprint density at radius 2 is 1.60 bits per heavy atom. The van der Waals surface area contributed by atoms with Gasteiger partial charge in [-0.1, -0.05) is 29.8 Å². The molecule has 2 nitrogen and oxygen atoms in total. The molecule has 80 valence electrons. The lowest BCUT2D eigenvalue weighted by Crippen LogP contribution is -1.99. The largest absolute Gasteiger partial charge is 0.312 e. The van der Waals surface area contributed by atoms with E-state index in [0.717, 1.165) is 5.56 Å². The van der Waals surface area contributed by atoms with Crippen molar-refractivity contribution in [2.75, 3.05) is 21.1 Å². The summed E-state index contributed by atoms with van der Waals surface area (Å²) in [5.41, 5.74) is 1.84. The molecule has 1 aromatic rings. The van der Waals surface area contributed by atoms with Crippen molar-refractivity contribution in [1.29, 1.82) is 0 Å². The van der Waals surface area contributed by atoms with Gasteiger partial charge in [0.05, 0.1) is 7.85 Å².